The molecule has 134 valence electrons. The molecule has 1 amide bonds. The zero-order valence-electron chi connectivity index (χ0n) is 14.3. The predicted octanol–water partition coefficient (Wildman–Crippen LogP) is 1.69. The van der Waals surface area contributed by atoms with Crippen LogP contribution in [0.5, 0.6) is 0 Å². The van der Waals surface area contributed by atoms with Gasteiger partial charge in [0.25, 0.3) is 5.91 Å². The van der Waals surface area contributed by atoms with Crippen LogP contribution in [0.4, 0.5) is 0 Å². The van der Waals surface area contributed by atoms with Crippen molar-refractivity contribution in [3.63, 3.8) is 0 Å². The molecule has 26 heavy (non-hydrogen) atoms. The molecule has 0 unspecified atom stereocenters. The lowest BCUT2D eigenvalue weighted by Crippen LogP contribution is -2.26. The lowest BCUT2D eigenvalue weighted by Gasteiger charge is -2.24. The lowest BCUT2D eigenvalue weighted by molar-refractivity contribution is 0.0948. The summed E-state index contributed by atoms with van der Waals surface area (Å²) in [6.45, 7) is 0.350. The summed E-state index contributed by atoms with van der Waals surface area (Å²) in [7, 11) is 0. The second-order valence-corrected chi connectivity index (χ2v) is 6.40. The van der Waals surface area contributed by atoms with Crippen LogP contribution in [0.2, 0.25) is 0 Å². The number of nitrogens with zero attached hydrogens (tertiary/aromatic N) is 7. The first-order chi connectivity index (χ1) is 12.8. The third-order valence-corrected chi connectivity index (χ3v) is 4.72. The molecular weight excluding hydrogens is 332 g/mol. The summed E-state index contributed by atoms with van der Waals surface area (Å²) in [5.41, 5.74) is 0.491. The molecule has 1 aliphatic carbocycles. The number of rotatable bonds is 5. The van der Waals surface area contributed by atoms with Gasteiger partial charge >= 0.3 is 0 Å². The SMILES string of the molecule is O=C(NCc1nncn1C1CCCCC1)c1ccc(-n2cnnc2)nc1. The zero-order valence-corrected chi connectivity index (χ0v) is 14.3. The normalized spacial score (nSPS) is 15.1. The third-order valence-electron chi connectivity index (χ3n) is 4.72. The van der Waals surface area contributed by atoms with E-state index in [0.29, 0.717) is 24.0 Å². The number of hydrogen-bond donors (Lipinski definition) is 1. The molecule has 3 aromatic heterocycles. The molecular formula is C17H20N8O. The topological polar surface area (TPSA) is 103 Å². The summed E-state index contributed by atoms with van der Waals surface area (Å²) < 4.78 is 3.78. The largest absolute Gasteiger partial charge is 0.345 e. The van der Waals surface area contributed by atoms with Crippen molar-refractivity contribution in [2.75, 3.05) is 0 Å². The molecule has 0 aliphatic heterocycles. The van der Waals surface area contributed by atoms with Gasteiger partial charge < -0.3 is 9.88 Å². The predicted molar refractivity (Wildman–Crippen MR) is 92.5 cm³/mol. The Morgan fingerprint density at radius 2 is 1.88 bits per heavy atom. The molecule has 9 nitrogen and oxygen atoms in total. The molecule has 1 fully saturated rings. The standard InChI is InChI=1S/C17H20N8O/c26-17(13-6-7-15(18-8-13)24-10-20-21-11-24)19-9-16-23-22-12-25(16)14-4-2-1-3-5-14/h6-8,10-12,14H,1-5,9H2,(H,19,26). The van der Waals surface area contributed by atoms with Gasteiger partial charge in [0.2, 0.25) is 0 Å². The Morgan fingerprint density at radius 3 is 2.62 bits per heavy atom. The highest BCUT2D eigenvalue weighted by molar-refractivity contribution is 5.93. The molecule has 1 saturated carbocycles. The molecule has 9 heteroatoms. The maximum absolute atomic E-state index is 12.4. The highest BCUT2D eigenvalue weighted by Gasteiger charge is 2.19. The molecule has 1 aliphatic rings. The van der Waals surface area contributed by atoms with Gasteiger partial charge in [0, 0.05) is 12.2 Å². The van der Waals surface area contributed by atoms with E-state index in [1.165, 1.54) is 25.5 Å². The van der Waals surface area contributed by atoms with Crippen molar-refractivity contribution < 1.29 is 4.79 Å². The van der Waals surface area contributed by atoms with Crippen LogP contribution in [-0.2, 0) is 6.54 Å². The van der Waals surface area contributed by atoms with Crippen molar-refractivity contribution >= 4 is 5.91 Å². The highest BCUT2D eigenvalue weighted by atomic mass is 16.1. The number of nitrogens with one attached hydrogen (secondary N) is 1. The first kappa shape index (κ1) is 16.4. The van der Waals surface area contributed by atoms with Crippen LogP contribution in [0.1, 0.15) is 54.3 Å². The van der Waals surface area contributed by atoms with E-state index in [1.807, 2.05) is 0 Å². The van der Waals surface area contributed by atoms with E-state index in [0.717, 1.165) is 18.7 Å². The molecule has 0 aromatic carbocycles. The minimum Gasteiger partial charge on any atom is -0.345 e. The Kier molecular flexibility index (Phi) is 4.67. The molecule has 4 rings (SSSR count). The number of hydrogen-bond acceptors (Lipinski definition) is 6. The zero-order chi connectivity index (χ0) is 17.8. The van der Waals surface area contributed by atoms with E-state index in [2.05, 4.69) is 35.3 Å². The molecule has 0 atom stereocenters. The molecule has 3 heterocycles. The summed E-state index contributed by atoms with van der Waals surface area (Å²) in [5, 5.41) is 18.6. The summed E-state index contributed by atoms with van der Waals surface area (Å²) >= 11 is 0. The Bertz CT molecular complexity index is 849. The molecule has 0 spiro atoms. The second kappa shape index (κ2) is 7.42. The van der Waals surface area contributed by atoms with E-state index in [-0.39, 0.29) is 5.91 Å². The van der Waals surface area contributed by atoms with Crippen molar-refractivity contribution in [3.8, 4) is 5.82 Å². The van der Waals surface area contributed by atoms with Gasteiger partial charge in [-0.15, -0.1) is 20.4 Å². The fourth-order valence-electron chi connectivity index (χ4n) is 3.31. The van der Waals surface area contributed by atoms with E-state index >= 15 is 0 Å². The van der Waals surface area contributed by atoms with E-state index in [1.54, 1.807) is 35.7 Å². The Morgan fingerprint density at radius 1 is 1.08 bits per heavy atom. The number of carbonyl (C=O) groups excluding carboxylic acids is 1. The van der Waals surface area contributed by atoms with Gasteiger partial charge in [-0.3, -0.25) is 9.36 Å². The maximum atomic E-state index is 12.4. The van der Waals surface area contributed by atoms with Crippen LogP contribution < -0.4 is 5.32 Å². The van der Waals surface area contributed by atoms with Gasteiger partial charge in [-0.05, 0) is 25.0 Å². The number of carbonyl (C=O) groups is 1. The summed E-state index contributed by atoms with van der Waals surface area (Å²) in [6.07, 6.45) is 12.5. The van der Waals surface area contributed by atoms with Crippen LogP contribution >= 0.6 is 0 Å². The smallest absolute Gasteiger partial charge is 0.253 e. The van der Waals surface area contributed by atoms with Crippen LogP contribution in [0, 0.1) is 0 Å². The monoisotopic (exact) mass is 352 g/mol. The molecule has 1 N–H and O–H groups in total. The van der Waals surface area contributed by atoms with Crippen molar-refractivity contribution in [1.82, 2.24) is 39.8 Å². The first-order valence-corrected chi connectivity index (χ1v) is 8.79. The van der Waals surface area contributed by atoms with Gasteiger partial charge in [0.1, 0.15) is 24.8 Å². The minimum atomic E-state index is -0.189. The van der Waals surface area contributed by atoms with Crippen LogP contribution in [-0.4, -0.2) is 40.4 Å². The Labute approximate surface area is 150 Å². The van der Waals surface area contributed by atoms with Crippen molar-refractivity contribution in [2.45, 2.75) is 44.7 Å². The average molecular weight is 352 g/mol. The van der Waals surface area contributed by atoms with Crippen molar-refractivity contribution in [1.29, 1.82) is 0 Å². The molecule has 0 radical (unpaired) electrons. The number of pyridine rings is 1. The van der Waals surface area contributed by atoms with Crippen LogP contribution in [0.3, 0.4) is 0 Å². The van der Waals surface area contributed by atoms with Gasteiger partial charge in [-0.1, -0.05) is 19.3 Å². The van der Waals surface area contributed by atoms with E-state index < -0.39 is 0 Å². The quantitative estimate of drug-likeness (QED) is 0.749. The van der Waals surface area contributed by atoms with E-state index in [9.17, 15) is 4.79 Å². The summed E-state index contributed by atoms with van der Waals surface area (Å²) in [6, 6.07) is 3.92. The fraction of sp³-hybridized carbons (Fsp3) is 0.412. The molecule has 3 aromatic rings. The third kappa shape index (κ3) is 3.46. The lowest BCUT2D eigenvalue weighted by atomic mass is 9.95. The van der Waals surface area contributed by atoms with Gasteiger partial charge in [-0.2, -0.15) is 0 Å². The summed E-state index contributed by atoms with van der Waals surface area (Å²) in [5.74, 6) is 1.26. The number of amides is 1. The average Bonchev–Trinajstić information content (AvgIpc) is 3.39. The van der Waals surface area contributed by atoms with Gasteiger partial charge in [-0.25, -0.2) is 4.98 Å². The Hall–Kier alpha value is -3.10. The second-order valence-electron chi connectivity index (χ2n) is 6.40. The van der Waals surface area contributed by atoms with Crippen LogP contribution in [0.25, 0.3) is 5.82 Å². The molecule has 0 bridgehead atoms. The highest BCUT2D eigenvalue weighted by Crippen LogP contribution is 2.28. The summed E-state index contributed by atoms with van der Waals surface area (Å²) in [4.78, 5) is 16.7. The van der Waals surface area contributed by atoms with Gasteiger partial charge in [0.15, 0.2) is 5.82 Å². The number of aromatic nitrogens is 7. The maximum Gasteiger partial charge on any atom is 0.253 e. The van der Waals surface area contributed by atoms with Gasteiger partial charge in [0.05, 0.1) is 12.1 Å². The van der Waals surface area contributed by atoms with Crippen molar-refractivity contribution in [2.24, 2.45) is 0 Å². The van der Waals surface area contributed by atoms with Crippen LogP contribution in [0.15, 0.2) is 37.3 Å². The first-order valence-electron chi connectivity index (χ1n) is 8.79. The van der Waals surface area contributed by atoms with E-state index in [4.69, 9.17) is 0 Å². The van der Waals surface area contributed by atoms with Crippen molar-refractivity contribution in [3.05, 3.63) is 48.7 Å². The molecule has 0 saturated heterocycles. The Balaban J connectivity index is 1.39. The minimum absolute atomic E-state index is 0.189. The fourth-order valence-corrected chi connectivity index (χ4v) is 3.31.